The first-order valence-electron chi connectivity index (χ1n) is 20.8. The van der Waals surface area contributed by atoms with Gasteiger partial charge in [-0.2, -0.15) is 4.98 Å². The van der Waals surface area contributed by atoms with Crippen LogP contribution in [0.5, 0.6) is 0 Å². The van der Waals surface area contributed by atoms with Gasteiger partial charge in [-0.3, -0.25) is 38.8 Å². The van der Waals surface area contributed by atoms with Crippen LogP contribution in [0.25, 0.3) is 0 Å². The highest BCUT2D eigenvalue weighted by molar-refractivity contribution is 6.07. The molecule has 1 saturated heterocycles. The van der Waals surface area contributed by atoms with Crippen molar-refractivity contribution in [3.8, 4) is 0 Å². The molecule has 0 spiro atoms. The van der Waals surface area contributed by atoms with E-state index >= 15 is 0 Å². The number of likely N-dealkylation sites (N-methyl/N-ethyl adjacent to an activating group) is 1. The molecular formula is C44H61N11O6. The predicted octanol–water partition coefficient (Wildman–Crippen LogP) is 4.46. The smallest absolute Gasteiger partial charge is 0.330 e. The Labute approximate surface area is 358 Å². The summed E-state index contributed by atoms with van der Waals surface area (Å²) >= 11 is 0. The molecule has 61 heavy (non-hydrogen) atoms. The number of benzene rings is 1. The highest BCUT2D eigenvalue weighted by Crippen LogP contribution is 2.33. The molecular weight excluding hydrogens is 779 g/mol. The van der Waals surface area contributed by atoms with Crippen molar-refractivity contribution in [2.24, 2.45) is 11.8 Å². The zero-order chi connectivity index (χ0) is 44.9. The number of fused-ring (bicyclic) bond motifs is 1. The van der Waals surface area contributed by atoms with Crippen molar-refractivity contribution in [3.05, 3.63) is 65.1 Å². The fraction of sp³-hybridized carbons (Fsp3) is 0.523. The fourth-order valence-electron chi connectivity index (χ4n) is 7.50. The molecule has 17 nitrogen and oxygen atoms in total. The summed E-state index contributed by atoms with van der Waals surface area (Å²) in [6.07, 6.45) is 5.01. The highest BCUT2D eigenvalue weighted by Gasteiger charge is 2.42. The number of pyridine rings is 1. The van der Waals surface area contributed by atoms with Gasteiger partial charge in [-0.05, 0) is 95.0 Å². The second kappa shape index (κ2) is 19.1. The van der Waals surface area contributed by atoms with Gasteiger partial charge in [0, 0.05) is 56.4 Å². The lowest BCUT2D eigenvalue weighted by Crippen LogP contribution is -2.62. The van der Waals surface area contributed by atoms with Gasteiger partial charge in [-0.15, -0.1) is 0 Å². The molecule has 0 bridgehead atoms. The van der Waals surface area contributed by atoms with Gasteiger partial charge in [0.15, 0.2) is 0 Å². The minimum absolute atomic E-state index is 0.0112. The van der Waals surface area contributed by atoms with Crippen molar-refractivity contribution in [2.45, 2.75) is 111 Å². The lowest BCUT2D eigenvalue weighted by Gasteiger charge is -2.35. The lowest BCUT2D eigenvalue weighted by molar-refractivity contribution is -0.142. The van der Waals surface area contributed by atoms with E-state index in [-0.39, 0.29) is 35.9 Å². The predicted molar refractivity (Wildman–Crippen MR) is 233 cm³/mol. The molecule has 0 aliphatic carbocycles. The van der Waals surface area contributed by atoms with Crippen molar-refractivity contribution in [3.63, 3.8) is 0 Å². The zero-order valence-corrected chi connectivity index (χ0v) is 37.3. The van der Waals surface area contributed by atoms with Crippen LogP contribution >= 0.6 is 0 Å². The van der Waals surface area contributed by atoms with Crippen molar-refractivity contribution in [2.75, 3.05) is 42.8 Å². The van der Waals surface area contributed by atoms with E-state index in [1.165, 1.54) is 14.7 Å². The summed E-state index contributed by atoms with van der Waals surface area (Å²) in [4.78, 5) is 102. The third-order valence-corrected chi connectivity index (χ3v) is 10.8. The molecule has 0 unspecified atom stereocenters. The van der Waals surface area contributed by atoms with Crippen LogP contribution in [0.1, 0.15) is 94.4 Å². The molecule has 2 aliphatic heterocycles. The summed E-state index contributed by atoms with van der Waals surface area (Å²) in [6.45, 7) is 15.1. The number of nitrogens with one attached hydrogen (secondary N) is 4. The average Bonchev–Trinajstić information content (AvgIpc) is 3.69. The number of hydrogen-bond donors (Lipinski definition) is 4. The van der Waals surface area contributed by atoms with Crippen LogP contribution in [-0.4, -0.2) is 112 Å². The zero-order valence-electron chi connectivity index (χ0n) is 37.3. The monoisotopic (exact) mass is 839 g/mol. The maximum Gasteiger partial charge on any atom is 0.330 e. The first-order valence-corrected chi connectivity index (χ1v) is 20.8. The van der Waals surface area contributed by atoms with E-state index < -0.39 is 47.3 Å². The van der Waals surface area contributed by atoms with Crippen molar-refractivity contribution < 1.29 is 28.8 Å². The number of nitrogens with zero attached hydrogens (tertiary/aromatic N) is 7. The summed E-state index contributed by atoms with van der Waals surface area (Å²) in [5, 5.41) is 11.7. The summed E-state index contributed by atoms with van der Waals surface area (Å²) in [5.74, 6) is -1.27. The molecule has 2 aromatic heterocycles. The number of likely N-dealkylation sites (tertiary alicyclic amines) is 1. The minimum Gasteiger partial charge on any atom is -0.347 e. The second-order valence-corrected chi connectivity index (χ2v) is 17.6. The molecule has 4 N–H and O–H groups in total. The van der Waals surface area contributed by atoms with Gasteiger partial charge in [-0.25, -0.2) is 9.78 Å². The third kappa shape index (κ3) is 11.0. The normalized spacial score (nSPS) is 16.2. The minimum atomic E-state index is -1.40. The SMILES string of the molecule is Cc1ccc(Nc2ncc3c(n2)N(C)C(=O)N(c2cc(C(=O)N[C@@H](CC(C)C)C(=O)N4CCC[C@H]4C(=O)NC(C)(C)C(=O)N[C@@H](CC(C)C)C(=O)N(C)C)ccc2C)C3)cn1. The van der Waals surface area contributed by atoms with E-state index in [9.17, 15) is 28.8 Å². The Balaban J connectivity index is 1.29. The van der Waals surface area contributed by atoms with Crippen LogP contribution < -0.4 is 31.1 Å². The number of anilines is 4. The Morgan fingerprint density at radius 2 is 1.61 bits per heavy atom. The number of aromatic nitrogens is 3. The van der Waals surface area contributed by atoms with Crippen LogP contribution in [0.3, 0.4) is 0 Å². The Kier molecular flexibility index (Phi) is 14.4. The van der Waals surface area contributed by atoms with Crippen LogP contribution in [0.15, 0.2) is 42.7 Å². The molecule has 1 aromatic carbocycles. The Bertz CT molecular complexity index is 2140. The van der Waals surface area contributed by atoms with Crippen LogP contribution in [0, 0.1) is 25.7 Å². The van der Waals surface area contributed by atoms with Crippen molar-refractivity contribution in [1.82, 2.24) is 40.7 Å². The largest absolute Gasteiger partial charge is 0.347 e. The quantitative estimate of drug-likeness (QED) is 0.169. The molecule has 1 fully saturated rings. The summed E-state index contributed by atoms with van der Waals surface area (Å²) in [7, 11) is 4.88. The molecule has 328 valence electrons. The molecule has 0 radical (unpaired) electrons. The highest BCUT2D eigenvalue weighted by atomic mass is 16.2. The summed E-state index contributed by atoms with van der Waals surface area (Å²) in [5.41, 5.74) is 2.40. The third-order valence-electron chi connectivity index (χ3n) is 10.8. The van der Waals surface area contributed by atoms with Crippen molar-refractivity contribution >= 4 is 58.7 Å². The van der Waals surface area contributed by atoms with E-state index in [1.807, 2.05) is 53.7 Å². The molecule has 4 heterocycles. The standard InChI is InChI=1S/C44H61N11O6/c1-25(2)19-32(39(58)52(9)10)49-41(60)44(7,8)51-38(57)34-13-12-18-54(34)40(59)33(20-26(3)4)48-37(56)29-16-14-27(5)35(21-29)55-24-30-22-46-42(50-36(30)53(11)43(55)61)47-31-17-15-28(6)45-23-31/h14-17,21-23,25-26,32-34H,12-13,18-20,24H2,1-11H3,(H,48,56)(H,49,60)(H,51,57)(H,46,47,50)/t32-,33-,34-/m0/s1. The van der Waals surface area contributed by atoms with E-state index in [0.29, 0.717) is 60.9 Å². The molecule has 0 saturated carbocycles. The van der Waals surface area contributed by atoms with E-state index in [0.717, 1.165) is 11.3 Å². The molecule has 3 atom stereocenters. The van der Waals surface area contributed by atoms with Gasteiger partial charge in [0.2, 0.25) is 29.6 Å². The van der Waals surface area contributed by atoms with Gasteiger partial charge in [-0.1, -0.05) is 33.8 Å². The van der Waals surface area contributed by atoms with Crippen LogP contribution in [0.2, 0.25) is 0 Å². The Morgan fingerprint density at radius 3 is 2.25 bits per heavy atom. The van der Waals surface area contributed by atoms with Crippen molar-refractivity contribution in [1.29, 1.82) is 0 Å². The molecule has 3 aromatic rings. The van der Waals surface area contributed by atoms with Crippen LogP contribution in [-0.2, 0) is 25.7 Å². The number of carbonyl (C=O) groups is 6. The first-order chi connectivity index (χ1) is 28.7. The average molecular weight is 840 g/mol. The summed E-state index contributed by atoms with van der Waals surface area (Å²) < 4.78 is 0. The number of aryl methyl sites for hydroxylation is 2. The topological polar surface area (TPSA) is 202 Å². The fourth-order valence-corrected chi connectivity index (χ4v) is 7.50. The molecule has 5 rings (SSSR count). The maximum absolute atomic E-state index is 14.3. The van der Waals surface area contributed by atoms with Crippen LogP contribution in [0.4, 0.5) is 27.9 Å². The number of hydrogen-bond acceptors (Lipinski definition) is 10. The van der Waals surface area contributed by atoms with Gasteiger partial charge in [0.25, 0.3) is 5.91 Å². The number of rotatable bonds is 15. The Morgan fingerprint density at radius 1 is 0.918 bits per heavy atom. The number of urea groups is 1. The first kappa shape index (κ1) is 45.9. The lowest BCUT2D eigenvalue weighted by atomic mass is 9.98. The summed E-state index contributed by atoms with van der Waals surface area (Å²) in [6, 6.07) is 5.84. The number of carbonyl (C=O) groups excluding carboxylic acids is 6. The van der Waals surface area contributed by atoms with E-state index in [2.05, 4.69) is 36.2 Å². The molecule has 2 aliphatic rings. The second-order valence-electron chi connectivity index (χ2n) is 17.6. The van der Waals surface area contributed by atoms with Gasteiger partial charge >= 0.3 is 6.03 Å². The van der Waals surface area contributed by atoms with E-state index in [4.69, 9.17) is 0 Å². The number of amides is 7. The Hall–Kier alpha value is -6.13. The van der Waals surface area contributed by atoms with E-state index in [1.54, 1.807) is 70.5 Å². The van der Waals surface area contributed by atoms with Gasteiger partial charge < -0.3 is 31.1 Å². The van der Waals surface area contributed by atoms with Gasteiger partial charge in [0.05, 0.1) is 18.4 Å². The van der Waals surface area contributed by atoms with Gasteiger partial charge in [0.1, 0.15) is 29.5 Å². The molecule has 17 heteroatoms. The molecule has 7 amide bonds. The maximum atomic E-state index is 14.3.